The molecule has 1 aliphatic heterocycles. The molecule has 10 nitrogen and oxygen atoms in total. The van der Waals surface area contributed by atoms with E-state index in [1.54, 1.807) is 11.0 Å². The van der Waals surface area contributed by atoms with Gasteiger partial charge in [-0.05, 0) is 72.0 Å². The van der Waals surface area contributed by atoms with Crippen molar-refractivity contribution in [1.29, 1.82) is 0 Å². The Morgan fingerprint density at radius 1 is 0.959 bits per heavy atom. The van der Waals surface area contributed by atoms with Gasteiger partial charge in [-0.3, -0.25) is 19.2 Å². The molecule has 6 rings (SSSR count). The van der Waals surface area contributed by atoms with E-state index in [9.17, 15) is 24.0 Å². The lowest BCUT2D eigenvalue weighted by molar-refractivity contribution is -0.144. The van der Waals surface area contributed by atoms with Gasteiger partial charge in [-0.2, -0.15) is 0 Å². The molecule has 0 bridgehead atoms. The number of nitrogens with one attached hydrogen (secondary N) is 3. The summed E-state index contributed by atoms with van der Waals surface area (Å²) in [5.74, 6) is -2.56. The first-order chi connectivity index (χ1) is 23.5. The average Bonchev–Trinajstić information content (AvgIpc) is 3.78. The molecule has 49 heavy (non-hydrogen) atoms. The highest BCUT2D eigenvalue weighted by atomic mass is 16.6. The van der Waals surface area contributed by atoms with Crippen molar-refractivity contribution in [3.63, 3.8) is 0 Å². The zero-order chi connectivity index (χ0) is 34.9. The minimum absolute atomic E-state index is 0.0805. The van der Waals surface area contributed by atoms with E-state index >= 15 is 0 Å². The Morgan fingerprint density at radius 2 is 1.63 bits per heavy atom. The molecule has 2 saturated carbocycles. The van der Waals surface area contributed by atoms with Gasteiger partial charge in [-0.1, -0.05) is 80.6 Å². The molecule has 0 spiro atoms. The summed E-state index contributed by atoms with van der Waals surface area (Å²) in [4.78, 5) is 69.4. The number of fused-ring (bicyclic) bond motifs is 2. The summed E-state index contributed by atoms with van der Waals surface area (Å²) in [6, 6.07) is 15.0. The van der Waals surface area contributed by atoms with Gasteiger partial charge >= 0.3 is 6.09 Å². The first kappa shape index (κ1) is 34.1. The van der Waals surface area contributed by atoms with E-state index in [1.807, 2.05) is 54.6 Å². The van der Waals surface area contributed by atoms with Crippen molar-refractivity contribution in [2.45, 2.75) is 76.1 Å². The van der Waals surface area contributed by atoms with E-state index < -0.39 is 41.8 Å². The zero-order valence-electron chi connectivity index (χ0n) is 28.2. The second kappa shape index (κ2) is 14.0. The molecule has 0 aromatic heterocycles. The molecule has 0 radical (unpaired) electrons. The molecule has 3 fully saturated rings. The van der Waals surface area contributed by atoms with Crippen molar-refractivity contribution >= 4 is 29.6 Å². The molecule has 2 aromatic rings. The van der Waals surface area contributed by atoms with Crippen molar-refractivity contribution < 1.29 is 28.7 Å². The number of rotatable bonds is 14. The number of likely N-dealkylation sites (tertiary alicyclic amines) is 1. The molecule has 2 aromatic carbocycles. The predicted molar refractivity (Wildman–Crippen MR) is 184 cm³/mol. The van der Waals surface area contributed by atoms with Gasteiger partial charge in [-0.25, -0.2) is 4.79 Å². The summed E-state index contributed by atoms with van der Waals surface area (Å²) in [5.41, 5.74) is 3.18. The van der Waals surface area contributed by atoms with Crippen LogP contribution in [-0.2, 0) is 36.8 Å². The molecule has 1 heterocycles. The van der Waals surface area contributed by atoms with Crippen LogP contribution in [0, 0.1) is 23.2 Å². The predicted octanol–water partition coefficient (Wildman–Crippen LogP) is 3.86. The highest BCUT2D eigenvalue weighted by Gasteiger charge is 2.70. The van der Waals surface area contributed by atoms with Crippen molar-refractivity contribution in [2.75, 3.05) is 13.1 Å². The zero-order valence-corrected chi connectivity index (χ0v) is 28.2. The van der Waals surface area contributed by atoms with Crippen LogP contribution in [-0.4, -0.2) is 71.8 Å². The van der Waals surface area contributed by atoms with E-state index in [2.05, 4.69) is 43.0 Å². The number of carbonyl (C=O) groups excluding carboxylic acids is 5. The Labute approximate surface area is 287 Å². The fraction of sp³-hybridized carbons (Fsp3) is 0.462. The summed E-state index contributed by atoms with van der Waals surface area (Å²) >= 11 is 0. The molecule has 258 valence electrons. The lowest BCUT2D eigenvalue weighted by Crippen LogP contribution is -2.59. The average molecular weight is 667 g/mol. The fourth-order valence-corrected chi connectivity index (χ4v) is 8.07. The number of alkyl carbamates (subject to hydrolysis) is 1. The van der Waals surface area contributed by atoms with E-state index in [1.165, 1.54) is 6.08 Å². The number of nitrogens with zero attached hydrogens (tertiary/aromatic N) is 1. The molecule has 3 N–H and O–H groups in total. The topological polar surface area (TPSA) is 134 Å². The maximum absolute atomic E-state index is 14.6. The smallest absolute Gasteiger partial charge is 0.408 e. The number of amides is 4. The molecule has 3 aliphatic carbocycles. The summed E-state index contributed by atoms with van der Waals surface area (Å²) < 4.78 is 5.82. The first-order valence-corrected chi connectivity index (χ1v) is 17.3. The van der Waals surface area contributed by atoms with Crippen LogP contribution in [0.25, 0.3) is 0 Å². The van der Waals surface area contributed by atoms with Gasteiger partial charge in [-0.15, -0.1) is 13.2 Å². The van der Waals surface area contributed by atoms with Crippen LogP contribution >= 0.6 is 0 Å². The van der Waals surface area contributed by atoms with Crippen LogP contribution in [0.2, 0.25) is 0 Å². The number of ether oxygens (including phenoxy) is 1. The molecule has 1 saturated heterocycles. The van der Waals surface area contributed by atoms with Crippen LogP contribution in [0.5, 0.6) is 0 Å². The number of carbonyl (C=O) groups is 5. The van der Waals surface area contributed by atoms with Crippen LogP contribution in [0.3, 0.4) is 0 Å². The van der Waals surface area contributed by atoms with Crippen LogP contribution in [0.15, 0.2) is 79.9 Å². The van der Waals surface area contributed by atoms with Gasteiger partial charge < -0.3 is 25.6 Å². The van der Waals surface area contributed by atoms with Gasteiger partial charge in [0.2, 0.25) is 17.6 Å². The SMILES string of the molecule is C=CCCC(NC(=O)C1C2C(CN1C(=O)C(NC(=O)OC1CC1c1ccccc1)C1Cc3ccccc3C1)C2(C)C)C(=O)C(=O)NCC=C. The number of allylic oxidation sites excluding steroid dienone is 1. The highest BCUT2D eigenvalue weighted by molar-refractivity contribution is 6.38. The number of piperidine rings is 1. The van der Waals surface area contributed by atoms with Gasteiger partial charge in [0, 0.05) is 19.0 Å². The lowest BCUT2D eigenvalue weighted by atomic mass is 9.93. The summed E-state index contributed by atoms with van der Waals surface area (Å²) in [6.45, 7) is 11.9. The van der Waals surface area contributed by atoms with Crippen molar-refractivity contribution in [1.82, 2.24) is 20.9 Å². The fourth-order valence-electron chi connectivity index (χ4n) is 8.07. The number of Topliss-reactive ketones (excluding diaryl/α,β-unsaturated/α-hetero) is 1. The van der Waals surface area contributed by atoms with E-state index in [0.29, 0.717) is 25.8 Å². The second-order valence-electron chi connectivity index (χ2n) is 14.4. The normalized spacial score (nSPS) is 25.5. The van der Waals surface area contributed by atoms with Crippen LogP contribution in [0.1, 0.15) is 55.7 Å². The van der Waals surface area contributed by atoms with E-state index in [0.717, 1.165) is 23.1 Å². The van der Waals surface area contributed by atoms with E-state index in [-0.39, 0.29) is 54.1 Å². The Morgan fingerprint density at radius 3 is 2.29 bits per heavy atom. The third kappa shape index (κ3) is 7.05. The molecule has 10 heteroatoms. The highest BCUT2D eigenvalue weighted by Crippen LogP contribution is 2.65. The van der Waals surface area contributed by atoms with E-state index in [4.69, 9.17) is 4.74 Å². The summed E-state index contributed by atoms with van der Waals surface area (Å²) in [6.07, 6.45) is 4.68. The standard InChI is InChI=1S/C39H46N4O6/c1-5-7-17-29(34(44)36(46)40-18-6-2)41-35(45)33-31-28(39(31,3)4)22-43(33)37(47)32(26-19-24-15-11-12-16-25(24)20-26)42-38(48)49-30-21-27(30)23-13-9-8-10-14-23/h5-6,8-16,26-33H,1-2,7,17-22H2,3-4H3,(H,40,46)(H,41,45)(H,42,48). The number of ketones is 1. The summed E-state index contributed by atoms with van der Waals surface area (Å²) in [5, 5.41) is 8.25. The molecule has 7 unspecified atom stereocenters. The maximum Gasteiger partial charge on any atom is 0.408 e. The van der Waals surface area contributed by atoms with Crippen molar-refractivity contribution in [3.8, 4) is 0 Å². The summed E-state index contributed by atoms with van der Waals surface area (Å²) in [7, 11) is 0. The Kier molecular flexibility index (Phi) is 9.77. The number of hydrogen-bond donors (Lipinski definition) is 3. The minimum Gasteiger partial charge on any atom is -0.446 e. The van der Waals surface area contributed by atoms with Gasteiger partial charge in [0.05, 0.1) is 6.04 Å². The molecular formula is C39H46N4O6. The molecule has 4 amide bonds. The van der Waals surface area contributed by atoms with Gasteiger partial charge in [0.15, 0.2) is 0 Å². The lowest BCUT2D eigenvalue weighted by Gasteiger charge is -2.35. The van der Waals surface area contributed by atoms with Crippen molar-refractivity contribution in [2.24, 2.45) is 23.2 Å². The van der Waals surface area contributed by atoms with Gasteiger partial charge in [0.1, 0.15) is 18.2 Å². The Hall–Kier alpha value is -4.73. The molecule has 7 atom stereocenters. The Bertz CT molecular complexity index is 1610. The van der Waals surface area contributed by atoms with Crippen LogP contribution < -0.4 is 16.0 Å². The first-order valence-electron chi connectivity index (χ1n) is 17.3. The third-order valence-corrected chi connectivity index (χ3v) is 11.0. The maximum atomic E-state index is 14.6. The number of hydrogen-bond acceptors (Lipinski definition) is 6. The largest absolute Gasteiger partial charge is 0.446 e. The third-order valence-electron chi connectivity index (χ3n) is 11.0. The quantitative estimate of drug-likeness (QED) is 0.207. The molecular weight excluding hydrogens is 620 g/mol. The Balaban J connectivity index is 1.21. The van der Waals surface area contributed by atoms with Crippen molar-refractivity contribution in [3.05, 3.63) is 96.6 Å². The minimum atomic E-state index is -1.09. The number of benzene rings is 2. The monoisotopic (exact) mass is 666 g/mol. The van der Waals surface area contributed by atoms with Crippen LogP contribution in [0.4, 0.5) is 4.79 Å². The van der Waals surface area contributed by atoms with Gasteiger partial charge in [0.25, 0.3) is 5.91 Å². The second-order valence-corrected chi connectivity index (χ2v) is 14.4. The molecule has 4 aliphatic rings.